The smallest absolute Gasteiger partial charge is 0.171 e. The Hall–Kier alpha value is -0.220. The topological polar surface area (TPSA) is 29.3 Å². The van der Waals surface area contributed by atoms with Crippen molar-refractivity contribution in [3.63, 3.8) is 0 Å². The molecular formula is C7H14F2N2. The van der Waals surface area contributed by atoms with E-state index in [1.807, 2.05) is 0 Å². The van der Waals surface area contributed by atoms with Crippen molar-refractivity contribution in [2.24, 2.45) is 5.73 Å². The van der Waals surface area contributed by atoms with Gasteiger partial charge in [0.1, 0.15) is 0 Å². The van der Waals surface area contributed by atoms with Crippen molar-refractivity contribution in [3.8, 4) is 0 Å². The standard InChI is InChI=1S/C7H14F2N2/c1-2-11-6(8)4-3-5(10)7(11)9/h5-7H,2-4,10H2,1H3. The van der Waals surface area contributed by atoms with Gasteiger partial charge in [-0.2, -0.15) is 0 Å². The zero-order valence-corrected chi connectivity index (χ0v) is 6.63. The third-order valence-corrected chi connectivity index (χ3v) is 2.13. The molecule has 0 bridgehead atoms. The summed E-state index contributed by atoms with van der Waals surface area (Å²) >= 11 is 0. The summed E-state index contributed by atoms with van der Waals surface area (Å²) in [5, 5.41) is 0. The maximum atomic E-state index is 13.1. The Bertz CT molecular complexity index is 132. The Morgan fingerprint density at radius 2 is 2.09 bits per heavy atom. The van der Waals surface area contributed by atoms with Crippen LogP contribution in [0.5, 0.6) is 0 Å². The summed E-state index contributed by atoms with van der Waals surface area (Å²) < 4.78 is 26.0. The van der Waals surface area contributed by atoms with Gasteiger partial charge in [0.25, 0.3) is 0 Å². The van der Waals surface area contributed by atoms with Crippen molar-refractivity contribution >= 4 is 0 Å². The maximum Gasteiger partial charge on any atom is 0.171 e. The molecular weight excluding hydrogens is 150 g/mol. The van der Waals surface area contributed by atoms with Crippen LogP contribution in [-0.2, 0) is 0 Å². The van der Waals surface area contributed by atoms with E-state index in [0.717, 1.165) is 4.90 Å². The van der Waals surface area contributed by atoms with E-state index in [9.17, 15) is 8.78 Å². The number of hydrogen-bond acceptors (Lipinski definition) is 2. The van der Waals surface area contributed by atoms with Gasteiger partial charge in [-0.25, -0.2) is 13.7 Å². The third-order valence-electron chi connectivity index (χ3n) is 2.13. The second-order valence-electron chi connectivity index (χ2n) is 2.88. The number of nitrogens with zero attached hydrogens (tertiary/aromatic N) is 1. The minimum absolute atomic E-state index is 0.357. The number of nitrogens with two attached hydrogens (primary N) is 1. The number of halogens is 2. The number of alkyl halides is 2. The lowest BCUT2D eigenvalue weighted by Crippen LogP contribution is -2.52. The molecule has 1 aliphatic heterocycles. The predicted octanol–water partition coefficient (Wildman–Crippen LogP) is 1.02. The molecule has 0 aromatic carbocycles. The number of hydrogen-bond donors (Lipinski definition) is 1. The summed E-state index contributed by atoms with van der Waals surface area (Å²) in [6.07, 6.45) is -1.65. The molecule has 2 N–H and O–H groups in total. The lowest BCUT2D eigenvalue weighted by Gasteiger charge is -2.36. The maximum absolute atomic E-state index is 13.1. The summed E-state index contributed by atoms with van der Waals surface area (Å²) in [5.41, 5.74) is 5.42. The molecule has 1 rings (SSSR count). The van der Waals surface area contributed by atoms with Gasteiger partial charge in [0, 0.05) is 12.6 Å². The van der Waals surface area contributed by atoms with Crippen LogP contribution in [-0.4, -0.2) is 30.1 Å². The highest BCUT2D eigenvalue weighted by atomic mass is 19.2. The van der Waals surface area contributed by atoms with Crippen molar-refractivity contribution in [1.82, 2.24) is 4.90 Å². The number of likely N-dealkylation sites (N-methyl/N-ethyl adjacent to an activating group) is 1. The summed E-state index contributed by atoms with van der Waals surface area (Å²) in [5.74, 6) is 0. The van der Waals surface area contributed by atoms with E-state index in [1.165, 1.54) is 0 Å². The van der Waals surface area contributed by atoms with E-state index in [4.69, 9.17) is 5.73 Å². The summed E-state index contributed by atoms with van der Waals surface area (Å²) in [4.78, 5) is 1.16. The van der Waals surface area contributed by atoms with Gasteiger partial charge in [0.15, 0.2) is 12.6 Å². The minimum Gasteiger partial charge on any atom is -0.324 e. The van der Waals surface area contributed by atoms with E-state index in [-0.39, 0.29) is 0 Å². The summed E-state index contributed by atoms with van der Waals surface area (Å²) in [6, 6.07) is -0.512. The van der Waals surface area contributed by atoms with Crippen molar-refractivity contribution in [2.45, 2.75) is 38.4 Å². The highest BCUT2D eigenvalue weighted by Crippen LogP contribution is 2.23. The van der Waals surface area contributed by atoms with Gasteiger partial charge in [-0.3, -0.25) is 0 Å². The zero-order chi connectivity index (χ0) is 8.43. The highest BCUT2D eigenvalue weighted by Gasteiger charge is 2.34. The van der Waals surface area contributed by atoms with E-state index in [0.29, 0.717) is 19.4 Å². The van der Waals surface area contributed by atoms with Gasteiger partial charge < -0.3 is 5.73 Å². The molecule has 3 unspecified atom stereocenters. The Labute approximate surface area is 65.4 Å². The van der Waals surface area contributed by atoms with Gasteiger partial charge in [-0.1, -0.05) is 6.92 Å². The van der Waals surface area contributed by atoms with Crippen LogP contribution in [0.3, 0.4) is 0 Å². The second kappa shape index (κ2) is 3.45. The molecule has 1 aliphatic rings. The molecule has 1 fully saturated rings. The van der Waals surface area contributed by atoms with E-state index >= 15 is 0 Å². The van der Waals surface area contributed by atoms with E-state index < -0.39 is 18.6 Å². The first-order valence-electron chi connectivity index (χ1n) is 3.96. The Morgan fingerprint density at radius 1 is 1.45 bits per heavy atom. The molecule has 0 aliphatic carbocycles. The Balaban J connectivity index is 2.55. The van der Waals surface area contributed by atoms with Crippen LogP contribution < -0.4 is 5.73 Å². The number of piperidine rings is 1. The lowest BCUT2D eigenvalue weighted by molar-refractivity contribution is -0.0609. The first-order chi connectivity index (χ1) is 5.16. The molecule has 66 valence electrons. The SMILES string of the molecule is CCN1C(F)CCC(N)C1F. The van der Waals surface area contributed by atoms with Crippen molar-refractivity contribution in [2.75, 3.05) is 6.54 Å². The van der Waals surface area contributed by atoms with Crippen LogP contribution in [0.25, 0.3) is 0 Å². The molecule has 4 heteroatoms. The third kappa shape index (κ3) is 1.68. The van der Waals surface area contributed by atoms with Crippen LogP contribution in [0.2, 0.25) is 0 Å². The van der Waals surface area contributed by atoms with Crippen molar-refractivity contribution in [1.29, 1.82) is 0 Å². The second-order valence-corrected chi connectivity index (χ2v) is 2.88. The molecule has 11 heavy (non-hydrogen) atoms. The molecule has 0 spiro atoms. The first-order valence-corrected chi connectivity index (χ1v) is 3.96. The molecule has 2 nitrogen and oxygen atoms in total. The molecule has 0 amide bonds. The first kappa shape index (κ1) is 8.87. The number of rotatable bonds is 1. The monoisotopic (exact) mass is 164 g/mol. The van der Waals surface area contributed by atoms with Gasteiger partial charge >= 0.3 is 0 Å². The molecule has 1 heterocycles. The fourth-order valence-electron chi connectivity index (χ4n) is 1.41. The molecule has 1 saturated heterocycles. The van der Waals surface area contributed by atoms with Gasteiger partial charge in [0.2, 0.25) is 0 Å². The van der Waals surface area contributed by atoms with E-state index in [1.54, 1.807) is 6.92 Å². The largest absolute Gasteiger partial charge is 0.324 e. The Kier molecular flexibility index (Phi) is 2.78. The molecule has 0 saturated carbocycles. The minimum atomic E-state index is -1.30. The zero-order valence-electron chi connectivity index (χ0n) is 6.63. The van der Waals surface area contributed by atoms with Crippen LogP contribution in [0.15, 0.2) is 0 Å². The Morgan fingerprint density at radius 3 is 2.55 bits per heavy atom. The number of likely N-dealkylation sites (tertiary alicyclic amines) is 1. The van der Waals surface area contributed by atoms with Crippen molar-refractivity contribution in [3.05, 3.63) is 0 Å². The van der Waals surface area contributed by atoms with Crippen LogP contribution in [0.4, 0.5) is 8.78 Å². The van der Waals surface area contributed by atoms with E-state index in [2.05, 4.69) is 0 Å². The quantitative estimate of drug-likeness (QED) is 0.586. The molecule has 0 aromatic rings. The average Bonchev–Trinajstić information content (AvgIpc) is 1.99. The summed E-state index contributed by atoms with van der Waals surface area (Å²) in [7, 11) is 0. The highest BCUT2D eigenvalue weighted by molar-refractivity contribution is 4.81. The normalized spacial score (nSPS) is 40.9. The van der Waals surface area contributed by atoms with Crippen molar-refractivity contribution < 1.29 is 8.78 Å². The molecule has 0 aromatic heterocycles. The fraction of sp³-hybridized carbons (Fsp3) is 1.00. The van der Waals surface area contributed by atoms with Gasteiger partial charge in [0.05, 0.1) is 0 Å². The molecule has 3 atom stereocenters. The molecule has 0 radical (unpaired) electrons. The van der Waals surface area contributed by atoms with Crippen LogP contribution >= 0.6 is 0 Å². The average molecular weight is 164 g/mol. The summed E-state index contributed by atoms with van der Waals surface area (Å²) in [6.45, 7) is 2.12. The fourth-order valence-corrected chi connectivity index (χ4v) is 1.41. The predicted molar refractivity (Wildman–Crippen MR) is 39.4 cm³/mol. The van der Waals surface area contributed by atoms with Gasteiger partial charge in [-0.15, -0.1) is 0 Å². The lowest BCUT2D eigenvalue weighted by atomic mass is 10.0. The van der Waals surface area contributed by atoms with Crippen LogP contribution in [0.1, 0.15) is 19.8 Å². The van der Waals surface area contributed by atoms with Gasteiger partial charge in [-0.05, 0) is 12.8 Å². The van der Waals surface area contributed by atoms with Crippen LogP contribution in [0, 0.1) is 0 Å².